The van der Waals surface area contributed by atoms with Crippen LogP contribution in [0.5, 0.6) is 5.75 Å². The van der Waals surface area contributed by atoms with Crippen molar-refractivity contribution >= 4 is 23.2 Å². The van der Waals surface area contributed by atoms with Crippen LogP contribution in [-0.2, 0) is 0 Å². The van der Waals surface area contributed by atoms with Gasteiger partial charge in [-0.2, -0.15) is 0 Å². The zero-order chi connectivity index (χ0) is 13.4. The maximum atomic E-state index is 9.30. The van der Waals surface area contributed by atoms with Gasteiger partial charge in [-0.05, 0) is 37.4 Å². The van der Waals surface area contributed by atoms with Crippen molar-refractivity contribution in [2.75, 3.05) is 13.2 Å². The van der Waals surface area contributed by atoms with E-state index in [1.54, 1.807) is 6.07 Å². The van der Waals surface area contributed by atoms with Crippen LogP contribution in [0.15, 0.2) is 12.1 Å². The molecule has 1 fully saturated rings. The minimum Gasteiger partial charge on any atom is -0.492 e. The first-order valence-corrected chi connectivity index (χ1v) is 7.42. The molecule has 0 amide bonds. The molecule has 1 aliphatic carbocycles. The normalized spacial score (nSPS) is 29.3. The molecule has 3 nitrogen and oxygen atoms in total. The van der Waals surface area contributed by atoms with Crippen molar-refractivity contribution in [2.24, 2.45) is 5.92 Å². The van der Waals surface area contributed by atoms with Crippen LogP contribution in [0.2, 0.25) is 10.0 Å². The Morgan fingerprint density at radius 3 is 2.84 bits per heavy atom. The third kappa shape index (κ3) is 2.84. The van der Waals surface area contributed by atoms with Gasteiger partial charge in [0.15, 0.2) is 0 Å². The lowest BCUT2D eigenvalue weighted by Gasteiger charge is -2.34. The van der Waals surface area contributed by atoms with Gasteiger partial charge < -0.3 is 15.2 Å². The molecule has 19 heavy (non-hydrogen) atoms. The monoisotopic (exact) mass is 301 g/mol. The molecule has 1 saturated carbocycles. The van der Waals surface area contributed by atoms with Crippen molar-refractivity contribution in [3.05, 3.63) is 27.7 Å². The van der Waals surface area contributed by atoms with Crippen LogP contribution in [0.4, 0.5) is 0 Å². The second kappa shape index (κ2) is 5.49. The predicted molar refractivity (Wildman–Crippen MR) is 76.0 cm³/mol. The summed E-state index contributed by atoms with van der Waals surface area (Å²) < 4.78 is 5.63. The average molecular weight is 302 g/mol. The van der Waals surface area contributed by atoms with Crippen LogP contribution in [0.1, 0.15) is 30.9 Å². The van der Waals surface area contributed by atoms with Gasteiger partial charge in [-0.25, -0.2) is 0 Å². The summed E-state index contributed by atoms with van der Waals surface area (Å²) in [4.78, 5) is 0. The van der Waals surface area contributed by atoms with Crippen molar-refractivity contribution in [3.8, 4) is 5.75 Å². The van der Waals surface area contributed by atoms with Crippen LogP contribution in [0, 0.1) is 5.92 Å². The van der Waals surface area contributed by atoms with Crippen LogP contribution >= 0.6 is 23.2 Å². The van der Waals surface area contributed by atoms with Gasteiger partial charge in [-0.1, -0.05) is 23.2 Å². The fourth-order valence-corrected chi connectivity index (χ4v) is 3.38. The third-order valence-corrected chi connectivity index (χ3v) is 4.43. The van der Waals surface area contributed by atoms with E-state index in [2.05, 4.69) is 5.32 Å². The zero-order valence-corrected chi connectivity index (χ0v) is 12.0. The highest BCUT2D eigenvalue weighted by Crippen LogP contribution is 2.40. The summed E-state index contributed by atoms with van der Waals surface area (Å²) >= 11 is 12.2. The summed E-state index contributed by atoms with van der Waals surface area (Å²) in [6.45, 7) is 1.59. The first-order valence-electron chi connectivity index (χ1n) is 6.66. The number of fused-ring (bicyclic) bond motifs is 1. The van der Waals surface area contributed by atoms with Crippen LogP contribution in [0.25, 0.3) is 0 Å². The first kappa shape index (κ1) is 13.5. The van der Waals surface area contributed by atoms with E-state index in [1.807, 2.05) is 6.07 Å². The number of rotatable bonds is 3. The average Bonchev–Trinajstić information content (AvgIpc) is 2.33. The van der Waals surface area contributed by atoms with E-state index in [0.29, 0.717) is 22.6 Å². The molecule has 104 valence electrons. The van der Waals surface area contributed by atoms with Gasteiger partial charge in [0.25, 0.3) is 0 Å². The molecule has 0 saturated heterocycles. The standard InChI is InChI=1S/C14H17Cl2NO2/c15-9-5-11-13(17-7-8-3-10(18)4-8)1-2-19-14(11)12(16)6-9/h5-6,8,10,13,17-18H,1-4,7H2. The number of aliphatic hydroxyl groups excluding tert-OH is 1. The summed E-state index contributed by atoms with van der Waals surface area (Å²) in [7, 11) is 0. The molecule has 1 aromatic carbocycles. The van der Waals surface area contributed by atoms with Gasteiger partial charge in [0.2, 0.25) is 0 Å². The summed E-state index contributed by atoms with van der Waals surface area (Å²) in [5.74, 6) is 1.33. The van der Waals surface area contributed by atoms with Crippen molar-refractivity contribution in [3.63, 3.8) is 0 Å². The first-order chi connectivity index (χ1) is 9.13. The quantitative estimate of drug-likeness (QED) is 0.901. The van der Waals surface area contributed by atoms with E-state index in [0.717, 1.165) is 37.1 Å². The summed E-state index contributed by atoms with van der Waals surface area (Å²) in [6.07, 6.45) is 2.62. The summed E-state index contributed by atoms with van der Waals surface area (Å²) in [5.41, 5.74) is 1.05. The number of nitrogens with one attached hydrogen (secondary N) is 1. The molecular weight excluding hydrogens is 285 g/mol. The highest BCUT2D eigenvalue weighted by atomic mass is 35.5. The van der Waals surface area contributed by atoms with Gasteiger partial charge in [-0.15, -0.1) is 0 Å². The Morgan fingerprint density at radius 1 is 1.32 bits per heavy atom. The SMILES string of the molecule is OC1CC(CNC2CCOc3c(Cl)cc(Cl)cc32)C1. The van der Waals surface area contributed by atoms with E-state index in [4.69, 9.17) is 27.9 Å². The van der Waals surface area contributed by atoms with E-state index in [1.165, 1.54) is 0 Å². The van der Waals surface area contributed by atoms with Crippen molar-refractivity contribution in [1.29, 1.82) is 0 Å². The minimum atomic E-state index is -0.0994. The number of aliphatic hydroxyl groups is 1. The van der Waals surface area contributed by atoms with Crippen molar-refractivity contribution in [2.45, 2.75) is 31.4 Å². The Balaban J connectivity index is 1.71. The van der Waals surface area contributed by atoms with Crippen LogP contribution in [0.3, 0.4) is 0 Å². The lowest BCUT2D eigenvalue weighted by Crippen LogP contribution is -2.38. The van der Waals surface area contributed by atoms with Gasteiger partial charge in [0, 0.05) is 23.0 Å². The van der Waals surface area contributed by atoms with Gasteiger partial charge in [0.1, 0.15) is 5.75 Å². The fraction of sp³-hybridized carbons (Fsp3) is 0.571. The van der Waals surface area contributed by atoms with Gasteiger partial charge in [-0.3, -0.25) is 0 Å². The zero-order valence-electron chi connectivity index (χ0n) is 10.5. The molecule has 1 unspecified atom stereocenters. The Morgan fingerprint density at radius 2 is 2.11 bits per heavy atom. The second-order valence-corrected chi connectivity index (χ2v) is 6.24. The minimum absolute atomic E-state index is 0.0994. The topological polar surface area (TPSA) is 41.5 Å². The van der Waals surface area contributed by atoms with Gasteiger partial charge >= 0.3 is 0 Å². The number of benzene rings is 1. The lowest BCUT2D eigenvalue weighted by molar-refractivity contribution is 0.0411. The lowest BCUT2D eigenvalue weighted by atomic mass is 9.82. The number of ether oxygens (including phenoxy) is 1. The van der Waals surface area contributed by atoms with Crippen LogP contribution in [-0.4, -0.2) is 24.4 Å². The summed E-state index contributed by atoms with van der Waals surface area (Å²) in [6, 6.07) is 3.87. The molecule has 0 spiro atoms. The third-order valence-electron chi connectivity index (χ3n) is 3.93. The van der Waals surface area contributed by atoms with Crippen LogP contribution < -0.4 is 10.1 Å². The molecule has 2 N–H and O–H groups in total. The maximum absolute atomic E-state index is 9.30. The largest absolute Gasteiger partial charge is 0.492 e. The molecule has 1 aromatic rings. The highest BCUT2D eigenvalue weighted by Gasteiger charge is 2.29. The molecular formula is C14H17Cl2NO2. The van der Waals surface area contributed by atoms with E-state index < -0.39 is 0 Å². The van der Waals surface area contributed by atoms with E-state index in [9.17, 15) is 5.11 Å². The van der Waals surface area contributed by atoms with Crippen molar-refractivity contribution in [1.82, 2.24) is 5.32 Å². The maximum Gasteiger partial charge on any atom is 0.142 e. The molecule has 3 rings (SSSR count). The Labute approximate surface area is 122 Å². The molecule has 1 heterocycles. The fourth-order valence-electron chi connectivity index (χ4n) is 2.81. The highest BCUT2D eigenvalue weighted by molar-refractivity contribution is 6.35. The molecule has 0 radical (unpaired) electrons. The smallest absolute Gasteiger partial charge is 0.142 e. The summed E-state index contributed by atoms with van der Waals surface area (Å²) in [5, 5.41) is 14.1. The van der Waals surface area contributed by atoms with Gasteiger partial charge in [0.05, 0.1) is 17.7 Å². The number of hydrogen-bond donors (Lipinski definition) is 2. The molecule has 1 atom stereocenters. The predicted octanol–water partition coefficient (Wildman–Crippen LogP) is 3.18. The molecule has 5 heteroatoms. The van der Waals surface area contributed by atoms with Crippen molar-refractivity contribution < 1.29 is 9.84 Å². The van der Waals surface area contributed by atoms with E-state index in [-0.39, 0.29) is 12.1 Å². The Kier molecular flexibility index (Phi) is 3.90. The Bertz CT molecular complexity index is 475. The molecule has 1 aliphatic heterocycles. The molecule has 0 bridgehead atoms. The number of hydrogen-bond acceptors (Lipinski definition) is 3. The molecule has 2 aliphatic rings. The molecule has 0 aromatic heterocycles. The number of halogens is 2. The second-order valence-electron chi connectivity index (χ2n) is 5.40. The Hall–Kier alpha value is -0.480. The van der Waals surface area contributed by atoms with E-state index >= 15 is 0 Å².